The van der Waals surface area contributed by atoms with Crippen LogP contribution in [0.25, 0.3) is 0 Å². The summed E-state index contributed by atoms with van der Waals surface area (Å²) in [5.41, 5.74) is -0.694. The van der Waals surface area contributed by atoms with Crippen LogP contribution in [0.5, 0.6) is 0 Å². The summed E-state index contributed by atoms with van der Waals surface area (Å²) in [4.78, 5) is 11.3. The fourth-order valence-corrected chi connectivity index (χ4v) is 3.20. The first-order valence-electron chi connectivity index (χ1n) is 4.10. The molecular formula is C8H15O4PV. The molecule has 0 heterocycles. The second-order valence-electron chi connectivity index (χ2n) is 2.97. The van der Waals surface area contributed by atoms with E-state index in [1.165, 1.54) is 21.1 Å². The molecule has 81 valence electrons. The van der Waals surface area contributed by atoms with Gasteiger partial charge in [-0.2, -0.15) is 0 Å². The normalized spacial score (nSPS) is 13.6. The van der Waals surface area contributed by atoms with Crippen molar-refractivity contribution in [1.29, 1.82) is 0 Å². The zero-order valence-electron chi connectivity index (χ0n) is 8.81. The first-order valence-corrected chi connectivity index (χ1v) is 6.41. The second kappa shape index (κ2) is 5.99. The van der Waals surface area contributed by atoms with Gasteiger partial charge in [0, 0.05) is 0 Å². The third kappa shape index (κ3) is 3.80. The summed E-state index contributed by atoms with van der Waals surface area (Å²) in [7, 11) is -0.698. The van der Waals surface area contributed by atoms with Crippen molar-refractivity contribution in [2.45, 2.75) is 25.9 Å². The molecule has 0 N–H and O–H groups in total. The summed E-state index contributed by atoms with van der Waals surface area (Å²) < 4.78 is 22.5. The van der Waals surface area contributed by atoms with Crippen LogP contribution >= 0.6 is 7.60 Å². The van der Waals surface area contributed by atoms with Gasteiger partial charge in [-0.3, -0.25) is 0 Å². The number of carbonyl (C=O) groups excluding carboxylic acids is 1. The molecule has 0 amide bonds. The van der Waals surface area contributed by atoms with E-state index in [2.05, 4.69) is 17.0 Å². The average molecular weight is 257 g/mol. The van der Waals surface area contributed by atoms with Gasteiger partial charge < -0.3 is 0 Å². The monoisotopic (exact) mass is 257 g/mol. The third-order valence-electron chi connectivity index (χ3n) is 1.85. The summed E-state index contributed by atoms with van der Waals surface area (Å²) in [6.45, 7) is 3.25. The van der Waals surface area contributed by atoms with E-state index >= 15 is 0 Å². The van der Waals surface area contributed by atoms with Crippen molar-refractivity contribution in [1.82, 2.24) is 0 Å². The van der Waals surface area contributed by atoms with Crippen LogP contribution in [0.1, 0.15) is 20.3 Å². The van der Waals surface area contributed by atoms with Gasteiger partial charge in [-0.05, 0) is 0 Å². The Morgan fingerprint density at radius 3 is 2.00 bits per heavy atom. The minimum absolute atomic E-state index is 0.178. The van der Waals surface area contributed by atoms with Gasteiger partial charge >= 0.3 is 93.1 Å². The maximum absolute atomic E-state index is 11.9. The van der Waals surface area contributed by atoms with Crippen molar-refractivity contribution in [2.75, 3.05) is 14.2 Å². The van der Waals surface area contributed by atoms with Gasteiger partial charge in [0.15, 0.2) is 0 Å². The van der Waals surface area contributed by atoms with Crippen molar-refractivity contribution in [3.63, 3.8) is 0 Å². The molecule has 0 saturated heterocycles. The van der Waals surface area contributed by atoms with E-state index in [1.54, 1.807) is 0 Å². The first kappa shape index (κ1) is 14.3. The molecule has 0 bridgehead atoms. The number of rotatable bonds is 6. The van der Waals surface area contributed by atoms with Gasteiger partial charge in [0.25, 0.3) is 0 Å². The molecule has 0 aliphatic carbocycles. The zero-order chi connectivity index (χ0) is 11.4. The molecule has 0 fully saturated rings. The molecule has 1 atom stereocenters. The van der Waals surface area contributed by atoms with E-state index in [1.807, 2.05) is 6.92 Å². The summed E-state index contributed by atoms with van der Waals surface area (Å²) in [5, 5.41) is 0. The molecule has 0 spiro atoms. The second-order valence-corrected chi connectivity index (χ2v) is 6.60. The van der Waals surface area contributed by atoms with Crippen molar-refractivity contribution in [3.05, 3.63) is 0 Å². The Kier molecular flexibility index (Phi) is 6.11. The fourth-order valence-electron chi connectivity index (χ4n) is 1.09. The van der Waals surface area contributed by atoms with Crippen LogP contribution in [-0.4, -0.2) is 29.9 Å². The SMILES string of the molecule is COP(=O)(OC)C(C[C](C)=[V])C(C)=O. The molecular weight excluding hydrogens is 242 g/mol. The molecule has 0 radical (unpaired) electrons. The minimum atomic E-state index is -3.28. The molecule has 0 aromatic heterocycles. The van der Waals surface area contributed by atoms with Crippen molar-refractivity contribution in [3.8, 4) is 0 Å². The Hall–Kier alpha value is 0.274. The quantitative estimate of drug-likeness (QED) is 0.677. The molecule has 0 aliphatic heterocycles. The van der Waals surface area contributed by atoms with Crippen molar-refractivity contribution < 1.29 is 35.4 Å². The summed E-state index contributed by atoms with van der Waals surface area (Å²) in [6.07, 6.45) is 0.411. The number of ketones is 1. The van der Waals surface area contributed by atoms with Crippen LogP contribution in [0.3, 0.4) is 0 Å². The van der Waals surface area contributed by atoms with Gasteiger partial charge in [-0.25, -0.2) is 0 Å². The maximum atomic E-state index is 11.9. The first-order chi connectivity index (χ1) is 6.37. The van der Waals surface area contributed by atoms with Gasteiger partial charge in [0.2, 0.25) is 0 Å². The van der Waals surface area contributed by atoms with Crippen molar-refractivity contribution in [2.24, 2.45) is 0 Å². The van der Waals surface area contributed by atoms with E-state index < -0.39 is 13.3 Å². The van der Waals surface area contributed by atoms with E-state index in [9.17, 15) is 9.36 Å². The van der Waals surface area contributed by atoms with E-state index in [-0.39, 0.29) is 5.78 Å². The van der Waals surface area contributed by atoms with Gasteiger partial charge in [0.05, 0.1) is 0 Å². The van der Waals surface area contributed by atoms with Gasteiger partial charge in [-0.1, -0.05) is 0 Å². The van der Waals surface area contributed by atoms with E-state index in [0.29, 0.717) is 6.42 Å². The molecule has 14 heavy (non-hydrogen) atoms. The van der Waals surface area contributed by atoms with Gasteiger partial charge in [-0.15, -0.1) is 0 Å². The van der Waals surface area contributed by atoms with Crippen LogP contribution in [0, 0.1) is 0 Å². The molecule has 0 aromatic rings. The van der Waals surface area contributed by atoms with Crippen molar-refractivity contribution >= 4 is 17.6 Å². The predicted octanol–water partition coefficient (Wildman–Crippen LogP) is 1.56. The Morgan fingerprint density at radius 1 is 1.36 bits per heavy atom. The fraction of sp³-hybridized carbons (Fsp3) is 0.750. The Morgan fingerprint density at radius 2 is 1.79 bits per heavy atom. The van der Waals surface area contributed by atoms with Crippen LogP contribution in [0.2, 0.25) is 0 Å². The average Bonchev–Trinajstić information content (AvgIpc) is 2.12. The molecule has 6 heteroatoms. The number of hydrogen-bond donors (Lipinski definition) is 0. The Bertz CT molecular complexity index is 269. The molecule has 4 nitrogen and oxygen atoms in total. The molecule has 1 unspecified atom stereocenters. The molecule has 0 aromatic carbocycles. The number of Topliss-reactive ketones (excluding diaryl/α,β-unsaturated/α-hetero) is 1. The Balaban J connectivity index is 4.89. The number of hydrogen-bond acceptors (Lipinski definition) is 4. The van der Waals surface area contributed by atoms with Gasteiger partial charge in [0.1, 0.15) is 0 Å². The van der Waals surface area contributed by atoms with E-state index in [4.69, 9.17) is 9.05 Å². The zero-order valence-corrected chi connectivity index (χ0v) is 11.1. The topological polar surface area (TPSA) is 52.6 Å². The molecule has 0 saturated carbocycles. The van der Waals surface area contributed by atoms with Crippen LogP contribution in [0.4, 0.5) is 0 Å². The molecule has 0 rings (SSSR count). The number of carbonyl (C=O) groups is 1. The third-order valence-corrected chi connectivity index (χ3v) is 4.46. The Labute approximate surface area is 93.4 Å². The van der Waals surface area contributed by atoms with Crippen LogP contribution in [0.15, 0.2) is 0 Å². The summed E-state index contributed by atoms with van der Waals surface area (Å²) >= 11 is 2.33. The summed E-state index contributed by atoms with van der Waals surface area (Å²) in [5.74, 6) is -0.178. The van der Waals surface area contributed by atoms with E-state index in [0.717, 1.165) is 4.23 Å². The summed E-state index contributed by atoms with van der Waals surface area (Å²) in [6, 6.07) is 0. The van der Waals surface area contributed by atoms with Crippen LogP contribution < -0.4 is 0 Å². The molecule has 0 aliphatic rings. The standard InChI is InChI=1S/C8H15O4P.V/c1-5-6-8(7(2)9)13(10,11-3)12-4;/h8H,6H2,1-4H3;. The van der Waals surface area contributed by atoms with Crippen LogP contribution in [-0.2, 0) is 35.4 Å². The predicted molar refractivity (Wildman–Crippen MR) is 51.4 cm³/mol.